The molecule has 2 aliphatic rings. The third kappa shape index (κ3) is 2.45. The summed E-state index contributed by atoms with van der Waals surface area (Å²) >= 11 is 0. The second-order valence-corrected chi connectivity index (χ2v) is 5.79. The SMILES string of the molecule is CC1OCC(C2(C(=O)N[C@H](C)c3ccccc3)CC2)O1. The molecule has 0 spiro atoms. The van der Waals surface area contributed by atoms with Crippen LogP contribution in [0.5, 0.6) is 0 Å². The lowest BCUT2D eigenvalue weighted by Gasteiger charge is -2.23. The lowest BCUT2D eigenvalue weighted by molar-refractivity contribution is -0.133. The van der Waals surface area contributed by atoms with Crippen molar-refractivity contribution < 1.29 is 14.3 Å². The Morgan fingerprint density at radius 2 is 2.05 bits per heavy atom. The van der Waals surface area contributed by atoms with Gasteiger partial charge in [-0.1, -0.05) is 30.3 Å². The van der Waals surface area contributed by atoms with Gasteiger partial charge in [0, 0.05) is 0 Å². The van der Waals surface area contributed by atoms with Crippen LogP contribution in [0.3, 0.4) is 0 Å². The monoisotopic (exact) mass is 275 g/mol. The summed E-state index contributed by atoms with van der Waals surface area (Å²) in [7, 11) is 0. The van der Waals surface area contributed by atoms with Gasteiger partial charge in [0.15, 0.2) is 6.29 Å². The Morgan fingerprint density at radius 1 is 1.35 bits per heavy atom. The summed E-state index contributed by atoms with van der Waals surface area (Å²) in [5.74, 6) is 0.0940. The molecule has 2 fully saturated rings. The van der Waals surface area contributed by atoms with E-state index in [2.05, 4.69) is 5.32 Å². The first-order valence-electron chi connectivity index (χ1n) is 7.25. The molecule has 1 aromatic carbocycles. The van der Waals surface area contributed by atoms with E-state index in [4.69, 9.17) is 9.47 Å². The predicted molar refractivity (Wildman–Crippen MR) is 75.0 cm³/mol. The summed E-state index contributed by atoms with van der Waals surface area (Å²) in [5.41, 5.74) is 0.752. The van der Waals surface area contributed by atoms with Crippen molar-refractivity contribution in [2.75, 3.05) is 6.61 Å². The second kappa shape index (κ2) is 5.19. The molecular weight excluding hydrogens is 254 g/mol. The summed E-state index contributed by atoms with van der Waals surface area (Å²) in [6, 6.07) is 10.0. The molecule has 108 valence electrons. The second-order valence-electron chi connectivity index (χ2n) is 5.79. The van der Waals surface area contributed by atoms with E-state index in [9.17, 15) is 4.79 Å². The number of hydrogen-bond acceptors (Lipinski definition) is 3. The summed E-state index contributed by atoms with van der Waals surface area (Å²) in [6.45, 7) is 4.41. The van der Waals surface area contributed by atoms with Crippen molar-refractivity contribution in [1.29, 1.82) is 0 Å². The maximum atomic E-state index is 12.6. The highest BCUT2D eigenvalue weighted by Gasteiger charge is 2.58. The van der Waals surface area contributed by atoms with Gasteiger partial charge in [-0.25, -0.2) is 0 Å². The average molecular weight is 275 g/mol. The zero-order valence-corrected chi connectivity index (χ0v) is 12.0. The Hall–Kier alpha value is -1.39. The summed E-state index contributed by atoms with van der Waals surface area (Å²) in [5, 5.41) is 3.12. The number of benzene rings is 1. The number of rotatable bonds is 4. The predicted octanol–water partition coefficient (Wildman–Crippen LogP) is 2.41. The van der Waals surface area contributed by atoms with Crippen molar-refractivity contribution in [2.24, 2.45) is 5.41 Å². The molecule has 1 aliphatic carbocycles. The number of hydrogen-bond donors (Lipinski definition) is 1. The largest absolute Gasteiger partial charge is 0.350 e. The number of nitrogens with one attached hydrogen (secondary N) is 1. The van der Waals surface area contributed by atoms with Crippen molar-refractivity contribution >= 4 is 5.91 Å². The van der Waals surface area contributed by atoms with E-state index < -0.39 is 0 Å². The van der Waals surface area contributed by atoms with Crippen LogP contribution in [0.25, 0.3) is 0 Å². The Bertz CT molecular complexity index is 484. The van der Waals surface area contributed by atoms with E-state index in [0.29, 0.717) is 6.61 Å². The molecule has 0 bridgehead atoms. The fraction of sp³-hybridized carbons (Fsp3) is 0.562. The molecule has 1 saturated heterocycles. The van der Waals surface area contributed by atoms with E-state index in [1.165, 1.54) is 0 Å². The van der Waals surface area contributed by atoms with E-state index in [1.807, 2.05) is 44.2 Å². The first kappa shape index (κ1) is 13.6. The third-order valence-corrected chi connectivity index (χ3v) is 4.34. The normalized spacial score (nSPS) is 28.9. The van der Waals surface area contributed by atoms with Gasteiger partial charge in [-0.15, -0.1) is 0 Å². The summed E-state index contributed by atoms with van der Waals surface area (Å²) in [6.07, 6.45) is 1.49. The van der Waals surface area contributed by atoms with Crippen LogP contribution in [-0.2, 0) is 14.3 Å². The fourth-order valence-corrected chi connectivity index (χ4v) is 2.82. The van der Waals surface area contributed by atoms with Gasteiger partial charge in [0.2, 0.25) is 5.91 Å². The Morgan fingerprint density at radius 3 is 2.60 bits per heavy atom. The molecule has 1 N–H and O–H groups in total. The molecule has 4 heteroatoms. The van der Waals surface area contributed by atoms with Crippen LogP contribution >= 0.6 is 0 Å². The number of amides is 1. The molecule has 3 rings (SSSR count). The van der Waals surface area contributed by atoms with Gasteiger partial charge in [-0.3, -0.25) is 4.79 Å². The van der Waals surface area contributed by atoms with Crippen molar-refractivity contribution in [3.8, 4) is 0 Å². The van der Waals surface area contributed by atoms with Gasteiger partial charge >= 0.3 is 0 Å². The van der Waals surface area contributed by atoms with Crippen molar-refractivity contribution in [1.82, 2.24) is 5.32 Å². The van der Waals surface area contributed by atoms with Gasteiger partial charge in [0.25, 0.3) is 0 Å². The first-order chi connectivity index (χ1) is 9.62. The molecule has 2 unspecified atom stereocenters. The molecule has 4 nitrogen and oxygen atoms in total. The van der Waals surface area contributed by atoms with Crippen molar-refractivity contribution in [3.63, 3.8) is 0 Å². The van der Waals surface area contributed by atoms with E-state index in [0.717, 1.165) is 18.4 Å². The highest BCUT2D eigenvalue weighted by molar-refractivity contribution is 5.86. The van der Waals surface area contributed by atoms with Gasteiger partial charge in [0.05, 0.1) is 24.2 Å². The molecule has 1 aromatic rings. The summed E-state index contributed by atoms with van der Waals surface area (Å²) < 4.78 is 11.1. The van der Waals surface area contributed by atoms with Gasteiger partial charge < -0.3 is 14.8 Å². The fourth-order valence-electron chi connectivity index (χ4n) is 2.82. The topological polar surface area (TPSA) is 47.6 Å². The highest BCUT2D eigenvalue weighted by atomic mass is 16.7. The quantitative estimate of drug-likeness (QED) is 0.918. The molecule has 1 heterocycles. The Kier molecular flexibility index (Phi) is 3.52. The molecule has 20 heavy (non-hydrogen) atoms. The minimum Gasteiger partial charge on any atom is -0.350 e. The third-order valence-electron chi connectivity index (χ3n) is 4.34. The van der Waals surface area contributed by atoms with Gasteiger partial charge in [0.1, 0.15) is 0 Å². The lowest BCUT2D eigenvalue weighted by atomic mass is 9.97. The van der Waals surface area contributed by atoms with Crippen LogP contribution in [0.15, 0.2) is 30.3 Å². The smallest absolute Gasteiger partial charge is 0.229 e. The molecule has 1 aliphatic heterocycles. The minimum atomic E-state index is -0.367. The van der Waals surface area contributed by atoms with Gasteiger partial charge in [-0.05, 0) is 32.3 Å². The molecule has 1 saturated carbocycles. The molecule has 0 radical (unpaired) electrons. The first-order valence-corrected chi connectivity index (χ1v) is 7.25. The Balaban J connectivity index is 1.65. The van der Waals surface area contributed by atoms with Crippen LogP contribution in [-0.4, -0.2) is 24.9 Å². The minimum absolute atomic E-state index is 0.0147. The van der Waals surface area contributed by atoms with Crippen LogP contribution in [0.4, 0.5) is 0 Å². The van der Waals surface area contributed by atoms with Crippen LogP contribution < -0.4 is 5.32 Å². The zero-order valence-electron chi connectivity index (χ0n) is 12.0. The molecule has 0 aromatic heterocycles. The zero-order chi connectivity index (χ0) is 14.2. The molecule has 1 amide bonds. The maximum absolute atomic E-state index is 12.6. The van der Waals surface area contributed by atoms with E-state index >= 15 is 0 Å². The lowest BCUT2D eigenvalue weighted by Crippen LogP contribution is -2.41. The van der Waals surface area contributed by atoms with Crippen LogP contribution in [0.2, 0.25) is 0 Å². The Labute approximate surface area is 119 Å². The summed E-state index contributed by atoms with van der Waals surface area (Å²) in [4.78, 5) is 12.6. The van der Waals surface area contributed by atoms with Crippen molar-refractivity contribution in [3.05, 3.63) is 35.9 Å². The van der Waals surface area contributed by atoms with E-state index in [-0.39, 0.29) is 29.8 Å². The molecular formula is C16H21NO3. The van der Waals surface area contributed by atoms with Crippen LogP contribution in [0, 0.1) is 5.41 Å². The average Bonchev–Trinajstić information content (AvgIpc) is 3.16. The van der Waals surface area contributed by atoms with Crippen molar-refractivity contribution in [2.45, 2.75) is 45.1 Å². The number of carbonyl (C=O) groups is 1. The maximum Gasteiger partial charge on any atom is 0.229 e. The van der Waals surface area contributed by atoms with Gasteiger partial charge in [-0.2, -0.15) is 0 Å². The van der Waals surface area contributed by atoms with Crippen LogP contribution in [0.1, 0.15) is 38.3 Å². The number of carbonyl (C=O) groups excluding carboxylic acids is 1. The van der Waals surface area contributed by atoms with E-state index in [1.54, 1.807) is 0 Å². The highest BCUT2D eigenvalue weighted by Crippen LogP contribution is 2.52. The standard InChI is InChI=1S/C16H21NO3/c1-11(13-6-4-3-5-7-13)17-15(18)16(8-9-16)14-10-19-12(2)20-14/h3-7,11-12,14H,8-10H2,1-2H3,(H,17,18)/t11-,12?,14?/m1/s1. The molecule has 3 atom stereocenters. The number of ether oxygens (including phenoxy) is 2.